The number of unbranched alkanes of at least 4 members (excludes halogenated alkanes) is 5. The predicted octanol–water partition coefficient (Wildman–Crippen LogP) is 8.96. The highest BCUT2D eigenvalue weighted by Gasteiger charge is 2.18. The molecule has 0 saturated carbocycles. The Morgan fingerprint density at radius 2 is 1.48 bits per heavy atom. The van der Waals surface area contributed by atoms with Gasteiger partial charge in [0.05, 0.1) is 0 Å². The van der Waals surface area contributed by atoms with Gasteiger partial charge in [-0.3, -0.25) is 0 Å². The smallest absolute Gasteiger partial charge is 0.0863 e. The summed E-state index contributed by atoms with van der Waals surface area (Å²) in [5, 5.41) is 0.536. The monoisotopic (exact) mass is 396 g/mol. The van der Waals surface area contributed by atoms with Crippen LogP contribution in [0.3, 0.4) is 0 Å². The van der Waals surface area contributed by atoms with Crippen LogP contribution in [0.1, 0.15) is 97.0 Å². The summed E-state index contributed by atoms with van der Waals surface area (Å²) in [6, 6.07) is 11.0. The van der Waals surface area contributed by atoms with Gasteiger partial charge in [0.15, 0.2) is 0 Å². The summed E-state index contributed by atoms with van der Waals surface area (Å²) in [6.45, 7) is 13.0. The molecular formula is C27H50B2. The molecule has 1 rings (SSSR count). The number of hydrogen-bond donors (Lipinski definition) is 0. The minimum absolute atomic E-state index is 0.536. The Bertz CT molecular complexity index is 481. The van der Waals surface area contributed by atoms with Crippen molar-refractivity contribution >= 4 is 14.0 Å². The average molecular weight is 396 g/mol. The quantitative estimate of drug-likeness (QED) is 0.172. The Labute approximate surface area is 185 Å². The first kappa shape index (κ1) is 26.4. The summed E-state index contributed by atoms with van der Waals surface area (Å²) in [7, 11) is 1.41. The number of rotatable bonds is 18. The van der Waals surface area contributed by atoms with Crippen molar-refractivity contribution in [3.63, 3.8) is 0 Å². The number of aryl methyl sites for hydroxylation is 1. The van der Waals surface area contributed by atoms with Crippen LogP contribution in [0.4, 0.5) is 0 Å². The van der Waals surface area contributed by atoms with E-state index in [1.807, 2.05) is 0 Å². The number of hydrogen-bond acceptors (Lipinski definition) is 0. The fourth-order valence-corrected chi connectivity index (χ4v) is 4.52. The molecule has 0 nitrogen and oxygen atoms in total. The van der Waals surface area contributed by atoms with Crippen LogP contribution in [0, 0.1) is 5.92 Å². The zero-order valence-corrected chi connectivity index (χ0v) is 20.6. The van der Waals surface area contributed by atoms with Gasteiger partial charge in [-0.25, -0.2) is 0 Å². The Hall–Kier alpha value is -0.650. The third-order valence-corrected chi connectivity index (χ3v) is 6.69. The molecule has 1 atom stereocenters. The molecule has 0 bridgehead atoms. The molecule has 1 aromatic rings. The zero-order valence-electron chi connectivity index (χ0n) is 20.6. The lowest BCUT2D eigenvalue weighted by Gasteiger charge is -2.23. The van der Waals surface area contributed by atoms with Crippen molar-refractivity contribution in [1.29, 1.82) is 0 Å². The highest BCUT2D eigenvalue weighted by Crippen LogP contribution is 2.32. The lowest BCUT2D eigenvalue weighted by molar-refractivity contribution is 0.447. The molecule has 0 heterocycles. The molecule has 0 fully saturated rings. The molecular weight excluding hydrogens is 346 g/mol. The van der Waals surface area contributed by atoms with Crippen LogP contribution < -0.4 is 0 Å². The largest absolute Gasteiger partial charge is 0.133 e. The van der Waals surface area contributed by atoms with Gasteiger partial charge >= 0.3 is 0 Å². The van der Waals surface area contributed by atoms with Gasteiger partial charge in [-0.1, -0.05) is 147 Å². The highest BCUT2D eigenvalue weighted by molar-refractivity contribution is 6.55. The molecule has 0 aliphatic carbocycles. The molecule has 0 N–H and O–H groups in total. The molecule has 0 aromatic heterocycles. The minimum Gasteiger partial charge on any atom is -0.0863 e. The van der Waals surface area contributed by atoms with Crippen molar-refractivity contribution in [1.82, 2.24) is 0 Å². The SMILES string of the molecule is CB(C)CCCCCC(C)CCCCBC(C)(C)CCCCCc1ccccc1. The van der Waals surface area contributed by atoms with Gasteiger partial charge in [0, 0.05) is 0 Å². The van der Waals surface area contributed by atoms with Crippen molar-refractivity contribution in [2.75, 3.05) is 0 Å². The molecule has 0 radical (unpaired) electrons. The molecule has 164 valence electrons. The molecule has 0 aliphatic rings. The number of benzene rings is 1. The van der Waals surface area contributed by atoms with E-state index in [4.69, 9.17) is 0 Å². The summed E-state index contributed by atoms with van der Waals surface area (Å²) >= 11 is 0. The first-order valence-corrected chi connectivity index (χ1v) is 12.9. The van der Waals surface area contributed by atoms with Crippen LogP contribution in [-0.2, 0) is 6.42 Å². The maximum absolute atomic E-state index is 2.49. The van der Waals surface area contributed by atoms with Crippen molar-refractivity contribution < 1.29 is 0 Å². The van der Waals surface area contributed by atoms with Crippen molar-refractivity contribution in [2.45, 2.75) is 129 Å². The zero-order chi connectivity index (χ0) is 21.4. The van der Waals surface area contributed by atoms with Gasteiger partial charge in [0.25, 0.3) is 0 Å². The van der Waals surface area contributed by atoms with Gasteiger partial charge in [0.1, 0.15) is 14.0 Å². The van der Waals surface area contributed by atoms with E-state index >= 15 is 0 Å². The van der Waals surface area contributed by atoms with Gasteiger partial charge in [-0.15, -0.1) is 0 Å². The summed E-state index contributed by atoms with van der Waals surface area (Å²) < 4.78 is 0. The van der Waals surface area contributed by atoms with E-state index in [9.17, 15) is 0 Å². The highest BCUT2D eigenvalue weighted by atomic mass is 14.1. The Kier molecular flexibility index (Phi) is 14.6. The minimum atomic E-state index is 0.536. The van der Waals surface area contributed by atoms with Crippen LogP contribution in [0.5, 0.6) is 0 Å². The molecule has 1 aromatic carbocycles. The molecule has 29 heavy (non-hydrogen) atoms. The molecule has 1 unspecified atom stereocenters. The fraction of sp³-hybridized carbons (Fsp3) is 0.778. The topological polar surface area (TPSA) is 0 Å². The molecule has 0 saturated heterocycles. The van der Waals surface area contributed by atoms with Crippen LogP contribution in [-0.4, -0.2) is 14.0 Å². The van der Waals surface area contributed by atoms with Gasteiger partial charge in [0.2, 0.25) is 0 Å². The maximum Gasteiger partial charge on any atom is 0.133 e. The van der Waals surface area contributed by atoms with E-state index in [1.54, 1.807) is 0 Å². The molecule has 2 heteroatoms. The summed E-state index contributed by atoms with van der Waals surface area (Å²) in [5.74, 6) is 0.937. The molecule has 0 amide bonds. The van der Waals surface area contributed by atoms with E-state index in [0.29, 0.717) is 5.31 Å². The van der Waals surface area contributed by atoms with Crippen LogP contribution in [0.25, 0.3) is 0 Å². The first-order chi connectivity index (χ1) is 13.9. The van der Waals surface area contributed by atoms with E-state index in [2.05, 4.69) is 64.7 Å². The van der Waals surface area contributed by atoms with E-state index < -0.39 is 0 Å². The summed E-state index contributed by atoms with van der Waals surface area (Å²) in [5.41, 5.74) is 1.50. The second-order valence-electron chi connectivity index (χ2n) is 10.9. The van der Waals surface area contributed by atoms with Crippen LogP contribution in [0.15, 0.2) is 30.3 Å². The van der Waals surface area contributed by atoms with E-state index in [-0.39, 0.29) is 0 Å². The summed E-state index contributed by atoms with van der Waals surface area (Å²) in [6.07, 6.45) is 19.7. The normalized spacial score (nSPS) is 12.7. The molecule has 0 aliphatic heterocycles. The second-order valence-corrected chi connectivity index (χ2v) is 10.9. The van der Waals surface area contributed by atoms with Crippen molar-refractivity contribution in [3.8, 4) is 0 Å². The van der Waals surface area contributed by atoms with Crippen LogP contribution in [0.2, 0.25) is 31.6 Å². The summed E-state index contributed by atoms with van der Waals surface area (Å²) in [4.78, 5) is 0. The standard InChI is InChI=1S/C27H50B2/c1-25(17-9-8-16-24-29(4)5)18-13-15-23-28-27(2,3)22-14-7-12-21-26-19-10-6-11-20-26/h6,10-11,19-20,25,28H,7-9,12-18,21-24H2,1-5H3. The lowest BCUT2D eigenvalue weighted by Crippen LogP contribution is -2.12. The lowest BCUT2D eigenvalue weighted by atomic mass is 9.50. The fourth-order valence-electron chi connectivity index (χ4n) is 4.52. The predicted molar refractivity (Wildman–Crippen MR) is 138 cm³/mol. The second kappa shape index (κ2) is 16.1. The average Bonchev–Trinajstić information content (AvgIpc) is 2.67. The maximum atomic E-state index is 2.49. The van der Waals surface area contributed by atoms with Crippen molar-refractivity contribution in [2.24, 2.45) is 5.92 Å². The molecule has 0 spiro atoms. The Balaban J connectivity index is 1.95. The van der Waals surface area contributed by atoms with Gasteiger partial charge < -0.3 is 0 Å². The third-order valence-electron chi connectivity index (χ3n) is 6.69. The third kappa shape index (κ3) is 15.8. The first-order valence-electron chi connectivity index (χ1n) is 12.9. The van der Waals surface area contributed by atoms with E-state index in [0.717, 1.165) is 12.6 Å². The Morgan fingerprint density at radius 1 is 0.828 bits per heavy atom. The van der Waals surface area contributed by atoms with Crippen LogP contribution >= 0.6 is 0 Å². The van der Waals surface area contributed by atoms with Gasteiger partial charge in [-0.05, 0) is 24.3 Å². The Morgan fingerprint density at radius 3 is 2.17 bits per heavy atom. The van der Waals surface area contributed by atoms with Gasteiger partial charge in [-0.2, -0.15) is 0 Å². The van der Waals surface area contributed by atoms with E-state index in [1.165, 1.54) is 103 Å². The van der Waals surface area contributed by atoms with Crippen molar-refractivity contribution in [3.05, 3.63) is 35.9 Å².